The molecule has 24 heavy (non-hydrogen) atoms. The summed E-state index contributed by atoms with van der Waals surface area (Å²) in [7, 11) is 0. The van der Waals surface area contributed by atoms with Crippen molar-refractivity contribution in [3.63, 3.8) is 0 Å². The van der Waals surface area contributed by atoms with Gasteiger partial charge in [0.1, 0.15) is 5.82 Å². The second-order valence-electron chi connectivity index (χ2n) is 4.86. The van der Waals surface area contributed by atoms with Crippen LogP contribution in [0, 0.1) is 10.6 Å². The third-order valence-corrected chi connectivity index (χ3v) is 3.62. The van der Waals surface area contributed by atoms with Crippen molar-refractivity contribution in [3.05, 3.63) is 75.8 Å². The fraction of sp³-hybridized carbons (Fsp3) is 0. The highest BCUT2D eigenvalue weighted by molar-refractivity contribution is 7.71. The average Bonchev–Trinajstić information content (AvgIpc) is 2.95. The van der Waals surface area contributed by atoms with Gasteiger partial charge in [0.05, 0.1) is 11.2 Å². The average molecular weight is 359 g/mol. The minimum absolute atomic E-state index is 0.315. The molecule has 2 aromatic carbocycles. The summed E-state index contributed by atoms with van der Waals surface area (Å²) in [5.74, 6) is 0.150. The quantitative estimate of drug-likeness (QED) is 0.534. The van der Waals surface area contributed by atoms with Gasteiger partial charge in [-0.15, -0.1) is 0 Å². The third-order valence-electron chi connectivity index (χ3n) is 3.15. The number of hydrogen-bond donors (Lipinski definition) is 1. The Morgan fingerprint density at radius 1 is 1.17 bits per heavy atom. The Kier molecular flexibility index (Phi) is 4.98. The number of aromatic amines is 1. The number of benzene rings is 2. The van der Waals surface area contributed by atoms with Gasteiger partial charge in [-0.2, -0.15) is 14.9 Å². The molecule has 0 spiro atoms. The minimum Gasteiger partial charge on any atom is -0.250 e. The third kappa shape index (κ3) is 3.84. The Morgan fingerprint density at radius 3 is 2.58 bits per heavy atom. The van der Waals surface area contributed by atoms with Crippen LogP contribution in [-0.2, 0) is 0 Å². The maximum Gasteiger partial charge on any atom is 0.216 e. The van der Waals surface area contributed by atoms with E-state index in [0.29, 0.717) is 21.2 Å². The fourth-order valence-electron chi connectivity index (χ4n) is 2.04. The van der Waals surface area contributed by atoms with Crippen molar-refractivity contribution in [2.45, 2.75) is 0 Å². The lowest BCUT2D eigenvalue weighted by Crippen LogP contribution is -1.94. The van der Waals surface area contributed by atoms with Crippen LogP contribution in [0.15, 0.2) is 64.7 Å². The van der Waals surface area contributed by atoms with Gasteiger partial charge in [0.25, 0.3) is 0 Å². The zero-order chi connectivity index (χ0) is 16.9. The van der Waals surface area contributed by atoms with Gasteiger partial charge in [-0.25, -0.2) is 9.49 Å². The molecule has 0 saturated carbocycles. The van der Waals surface area contributed by atoms with Crippen LogP contribution in [0.2, 0.25) is 0 Å². The molecule has 0 bridgehead atoms. The van der Waals surface area contributed by atoms with E-state index in [-0.39, 0.29) is 5.82 Å². The molecule has 0 saturated heterocycles. The number of aromatic nitrogens is 3. The zero-order valence-corrected chi connectivity index (χ0v) is 13.9. The number of rotatable bonds is 4. The molecule has 7 heteroatoms. The second-order valence-corrected chi connectivity index (χ2v) is 5.68. The van der Waals surface area contributed by atoms with Gasteiger partial charge in [-0.3, -0.25) is 0 Å². The van der Waals surface area contributed by atoms with E-state index in [1.807, 2.05) is 30.3 Å². The largest absolute Gasteiger partial charge is 0.250 e. The Hall–Kier alpha value is -2.57. The van der Waals surface area contributed by atoms with E-state index in [4.69, 9.17) is 23.8 Å². The van der Waals surface area contributed by atoms with E-state index in [1.165, 1.54) is 23.0 Å². The van der Waals surface area contributed by atoms with Crippen LogP contribution in [-0.4, -0.2) is 21.1 Å². The standard InChI is InChI=1S/C17H12ClFN4S/c18-14(10-12-4-2-1-3-5-12)11-20-23-16(21-22-17(23)24)13-6-8-15(19)9-7-13/h1-11H,(H,22,24)/b14-10-,20-11+. The molecule has 3 rings (SSSR count). The number of H-pyrrole nitrogens is 1. The molecule has 120 valence electrons. The van der Waals surface area contributed by atoms with E-state index in [1.54, 1.807) is 18.2 Å². The molecule has 0 aliphatic heterocycles. The van der Waals surface area contributed by atoms with Gasteiger partial charge < -0.3 is 0 Å². The van der Waals surface area contributed by atoms with E-state index < -0.39 is 0 Å². The molecule has 3 aromatic rings. The van der Waals surface area contributed by atoms with Crippen molar-refractivity contribution in [2.75, 3.05) is 0 Å². The molecule has 1 heterocycles. The number of nitrogens with zero attached hydrogens (tertiary/aromatic N) is 3. The van der Waals surface area contributed by atoms with E-state index in [2.05, 4.69) is 15.3 Å². The summed E-state index contributed by atoms with van der Waals surface area (Å²) >= 11 is 11.4. The van der Waals surface area contributed by atoms with E-state index >= 15 is 0 Å². The number of hydrogen-bond acceptors (Lipinski definition) is 3. The molecule has 0 aliphatic rings. The van der Waals surface area contributed by atoms with Gasteiger partial charge in [0.2, 0.25) is 4.77 Å². The van der Waals surface area contributed by atoms with E-state index in [0.717, 1.165) is 5.56 Å². The summed E-state index contributed by atoms with van der Waals surface area (Å²) < 4.78 is 14.8. The minimum atomic E-state index is -0.322. The molecular formula is C17H12ClFN4S. The van der Waals surface area contributed by atoms with Crippen molar-refractivity contribution in [2.24, 2.45) is 5.10 Å². The number of halogens is 2. The zero-order valence-electron chi connectivity index (χ0n) is 12.4. The highest BCUT2D eigenvalue weighted by atomic mass is 35.5. The topological polar surface area (TPSA) is 46.0 Å². The van der Waals surface area contributed by atoms with Crippen LogP contribution in [0.4, 0.5) is 4.39 Å². The predicted octanol–water partition coefficient (Wildman–Crippen LogP) is 4.86. The maximum absolute atomic E-state index is 13.1. The molecule has 0 unspecified atom stereocenters. The van der Waals surface area contributed by atoms with Crippen LogP contribution in [0.1, 0.15) is 5.56 Å². The van der Waals surface area contributed by atoms with Gasteiger partial charge in [-0.1, -0.05) is 41.9 Å². The SMILES string of the molecule is Fc1ccc(-c2n[nH]c(=S)n2/N=C/C(Cl)=C/c2ccccc2)cc1. The van der Waals surface area contributed by atoms with Crippen LogP contribution in [0.3, 0.4) is 0 Å². The first-order valence-corrected chi connectivity index (χ1v) is 7.82. The predicted molar refractivity (Wildman–Crippen MR) is 97.0 cm³/mol. The van der Waals surface area contributed by atoms with Crippen molar-refractivity contribution in [1.82, 2.24) is 14.9 Å². The molecule has 0 fully saturated rings. The summed E-state index contributed by atoms with van der Waals surface area (Å²) in [6.45, 7) is 0. The summed E-state index contributed by atoms with van der Waals surface area (Å²) in [6.07, 6.45) is 3.26. The van der Waals surface area contributed by atoms with Gasteiger partial charge in [0, 0.05) is 5.56 Å². The van der Waals surface area contributed by atoms with Crippen molar-refractivity contribution in [3.8, 4) is 11.4 Å². The Morgan fingerprint density at radius 2 is 1.88 bits per heavy atom. The fourth-order valence-corrected chi connectivity index (χ4v) is 2.39. The molecule has 0 aliphatic carbocycles. The first-order chi connectivity index (χ1) is 11.6. The highest BCUT2D eigenvalue weighted by Gasteiger charge is 2.08. The molecule has 1 N–H and O–H groups in total. The van der Waals surface area contributed by atoms with Gasteiger partial charge in [0.15, 0.2) is 5.82 Å². The number of nitrogens with one attached hydrogen (secondary N) is 1. The molecular weight excluding hydrogens is 347 g/mol. The van der Waals surface area contributed by atoms with E-state index in [9.17, 15) is 4.39 Å². The molecule has 0 amide bonds. The smallest absolute Gasteiger partial charge is 0.216 e. The van der Waals surface area contributed by atoms with Crippen molar-refractivity contribution < 1.29 is 4.39 Å². The van der Waals surface area contributed by atoms with Crippen LogP contribution >= 0.6 is 23.8 Å². The number of allylic oxidation sites excluding steroid dienone is 1. The summed E-state index contributed by atoms with van der Waals surface area (Å²) in [5, 5.41) is 11.5. The van der Waals surface area contributed by atoms with Gasteiger partial charge in [-0.05, 0) is 48.1 Å². The van der Waals surface area contributed by atoms with Crippen molar-refractivity contribution in [1.29, 1.82) is 0 Å². The normalized spacial score (nSPS) is 12.0. The Balaban J connectivity index is 1.90. The van der Waals surface area contributed by atoms with Crippen LogP contribution < -0.4 is 0 Å². The van der Waals surface area contributed by atoms with Gasteiger partial charge >= 0.3 is 0 Å². The first-order valence-electron chi connectivity index (χ1n) is 7.03. The van der Waals surface area contributed by atoms with Crippen LogP contribution in [0.5, 0.6) is 0 Å². The summed E-state index contributed by atoms with van der Waals surface area (Å²) in [4.78, 5) is 0. The molecule has 0 atom stereocenters. The summed E-state index contributed by atoms with van der Waals surface area (Å²) in [6, 6.07) is 15.6. The van der Waals surface area contributed by atoms with Crippen molar-refractivity contribution >= 4 is 36.1 Å². The highest BCUT2D eigenvalue weighted by Crippen LogP contribution is 2.18. The Bertz CT molecular complexity index is 943. The lowest BCUT2D eigenvalue weighted by atomic mass is 10.2. The lowest BCUT2D eigenvalue weighted by molar-refractivity contribution is 0.628. The monoisotopic (exact) mass is 358 g/mol. The lowest BCUT2D eigenvalue weighted by Gasteiger charge is -2.00. The molecule has 1 aromatic heterocycles. The Labute approximate surface area is 147 Å². The first kappa shape index (κ1) is 16.3. The van der Waals surface area contributed by atoms with Crippen LogP contribution in [0.25, 0.3) is 17.5 Å². The summed E-state index contributed by atoms with van der Waals surface area (Å²) in [5.41, 5.74) is 1.65. The molecule has 0 radical (unpaired) electrons. The maximum atomic E-state index is 13.1. The molecule has 4 nitrogen and oxygen atoms in total. The second kappa shape index (κ2) is 7.33.